The summed E-state index contributed by atoms with van der Waals surface area (Å²) in [6.07, 6.45) is 4.39. The molecule has 26 heavy (non-hydrogen) atoms. The molecule has 0 atom stereocenters. The Morgan fingerprint density at radius 1 is 0.731 bits per heavy atom. The van der Waals surface area contributed by atoms with Crippen LogP contribution in [0.2, 0.25) is 0 Å². The van der Waals surface area contributed by atoms with E-state index < -0.39 is 17.5 Å². The minimum Gasteiger partial charge on any atom is -0.478 e. The van der Waals surface area contributed by atoms with E-state index >= 15 is 0 Å². The third-order valence-corrected chi connectivity index (χ3v) is 3.50. The predicted molar refractivity (Wildman–Crippen MR) is 96.0 cm³/mol. The number of allylic oxidation sites excluding steroid dienone is 4. The van der Waals surface area contributed by atoms with Crippen molar-refractivity contribution in [2.24, 2.45) is 0 Å². The standard InChI is InChI=1S/C14H10O3.C7H6O2/c15-12-8-6-11(7-9-12)14(17)13(16)10-4-2-1-3-5-10;8-7(9)6-4-2-1-3-5-6/h1-8H,9H2;1-5H,(H,8,9). The largest absolute Gasteiger partial charge is 0.478 e. The second-order valence-electron chi connectivity index (χ2n) is 5.36. The summed E-state index contributed by atoms with van der Waals surface area (Å²) >= 11 is 0. The molecule has 0 aliphatic heterocycles. The molecule has 5 heteroatoms. The van der Waals surface area contributed by atoms with Gasteiger partial charge in [-0.1, -0.05) is 54.6 Å². The SMILES string of the molecule is O=C(O)c1ccccc1.O=C1C=CC(C(=O)C(=O)c2ccccc2)=CC1. The number of Topliss-reactive ketones (excluding diaryl/α,β-unsaturated/α-hetero) is 2. The van der Waals surface area contributed by atoms with Crippen LogP contribution in [0.3, 0.4) is 0 Å². The Hall–Kier alpha value is -3.60. The van der Waals surface area contributed by atoms with Crippen molar-refractivity contribution >= 4 is 23.3 Å². The van der Waals surface area contributed by atoms with E-state index in [1.165, 1.54) is 18.2 Å². The maximum Gasteiger partial charge on any atom is 0.335 e. The van der Waals surface area contributed by atoms with Crippen molar-refractivity contribution in [2.75, 3.05) is 0 Å². The van der Waals surface area contributed by atoms with Gasteiger partial charge in [0.2, 0.25) is 11.6 Å². The Kier molecular flexibility index (Phi) is 6.51. The molecule has 0 amide bonds. The topological polar surface area (TPSA) is 88.5 Å². The molecule has 0 unspecified atom stereocenters. The molecule has 0 aromatic heterocycles. The van der Waals surface area contributed by atoms with Crippen LogP contribution >= 0.6 is 0 Å². The Labute approximate surface area is 150 Å². The van der Waals surface area contributed by atoms with Crippen molar-refractivity contribution in [3.63, 3.8) is 0 Å². The van der Waals surface area contributed by atoms with Crippen molar-refractivity contribution in [2.45, 2.75) is 6.42 Å². The van der Waals surface area contributed by atoms with E-state index in [9.17, 15) is 19.2 Å². The molecule has 0 saturated carbocycles. The fourth-order valence-electron chi connectivity index (χ4n) is 2.13. The highest BCUT2D eigenvalue weighted by Crippen LogP contribution is 2.12. The van der Waals surface area contributed by atoms with Gasteiger partial charge in [-0.15, -0.1) is 0 Å². The molecule has 130 valence electrons. The van der Waals surface area contributed by atoms with Gasteiger partial charge in [0.05, 0.1) is 5.56 Å². The molecule has 1 aliphatic rings. The molecule has 0 fully saturated rings. The fourth-order valence-corrected chi connectivity index (χ4v) is 2.13. The van der Waals surface area contributed by atoms with Gasteiger partial charge in [0, 0.05) is 17.6 Å². The second kappa shape index (κ2) is 9.03. The summed E-state index contributed by atoms with van der Waals surface area (Å²) in [4.78, 5) is 44.8. The van der Waals surface area contributed by atoms with Crippen LogP contribution in [-0.4, -0.2) is 28.4 Å². The number of carboxylic acid groups (broad SMARTS) is 1. The summed E-state index contributed by atoms with van der Waals surface area (Å²) in [6, 6.07) is 16.7. The van der Waals surface area contributed by atoms with Gasteiger partial charge in [0.1, 0.15) is 0 Å². The van der Waals surface area contributed by atoms with Crippen molar-refractivity contribution in [3.05, 3.63) is 95.6 Å². The maximum absolute atomic E-state index is 11.8. The Balaban J connectivity index is 0.000000228. The minimum atomic E-state index is -0.879. The number of rotatable bonds is 4. The number of carboxylic acids is 1. The zero-order chi connectivity index (χ0) is 18.9. The number of carbonyl (C=O) groups is 4. The van der Waals surface area contributed by atoms with E-state index in [1.807, 2.05) is 0 Å². The Morgan fingerprint density at radius 3 is 1.69 bits per heavy atom. The quantitative estimate of drug-likeness (QED) is 0.677. The number of carbonyl (C=O) groups excluding carboxylic acids is 3. The molecule has 0 heterocycles. The fraction of sp³-hybridized carbons (Fsp3) is 0.0476. The summed E-state index contributed by atoms with van der Waals surface area (Å²) in [6.45, 7) is 0. The lowest BCUT2D eigenvalue weighted by molar-refractivity contribution is -0.114. The predicted octanol–water partition coefficient (Wildman–Crippen LogP) is 3.28. The Bertz CT molecular complexity index is 877. The second-order valence-corrected chi connectivity index (χ2v) is 5.36. The molecular formula is C21H16O5. The molecule has 1 aliphatic carbocycles. The van der Waals surface area contributed by atoms with Gasteiger partial charge in [-0.3, -0.25) is 14.4 Å². The lowest BCUT2D eigenvalue weighted by Gasteiger charge is -2.04. The third-order valence-electron chi connectivity index (χ3n) is 3.50. The molecule has 0 saturated heterocycles. The van der Waals surface area contributed by atoms with Crippen LogP contribution in [0.5, 0.6) is 0 Å². The van der Waals surface area contributed by atoms with E-state index in [4.69, 9.17) is 5.11 Å². The summed E-state index contributed by atoms with van der Waals surface area (Å²) in [5.41, 5.74) is 0.986. The van der Waals surface area contributed by atoms with Crippen LogP contribution in [0, 0.1) is 0 Å². The lowest BCUT2D eigenvalue weighted by atomic mass is 9.97. The van der Waals surface area contributed by atoms with Crippen molar-refractivity contribution in [1.82, 2.24) is 0 Å². The lowest BCUT2D eigenvalue weighted by Crippen LogP contribution is -2.17. The van der Waals surface area contributed by atoms with Crippen molar-refractivity contribution in [1.29, 1.82) is 0 Å². The summed E-state index contributed by atoms with van der Waals surface area (Å²) in [7, 11) is 0. The highest BCUT2D eigenvalue weighted by molar-refractivity contribution is 6.49. The van der Waals surface area contributed by atoms with E-state index in [0.29, 0.717) is 16.7 Å². The molecule has 2 aromatic rings. The summed E-state index contributed by atoms with van der Waals surface area (Å²) in [5.74, 6) is -2.06. The first kappa shape index (κ1) is 18.7. The van der Waals surface area contributed by atoms with Gasteiger partial charge in [0.15, 0.2) is 5.78 Å². The monoisotopic (exact) mass is 348 g/mol. The summed E-state index contributed by atoms with van der Waals surface area (Å²) < 4.78 is 0. The number of aromatic carboxylic acids is 1. The van der Waals surface area contributed by atoms with Gasteiger partial charge in [-0.25, -0.2) is 4.79 Å². The highest BCUT2D eigenvalue weighted by Gasteiger charge is 2.20. The van der Waals surface area contributed by atoms with Gasteiger partial charge < -0.3 is 5.11 Å². The van der Waals surface area contributed by atoms with Crippen LogP contribution in [0.4, 0.5) is 0 Å². The van der Waals surface area contributed by atoms with Gasteiger partial charge in [0.25, 0.3) is 0 Å². The van der Waals surface area contributed by atoms with Crippen LogP contribution in [-0.2, 0) is 9.59 Å². The maximum atomic E-state index is 11.8. The van der Waals surface area contributed by atoms with E-state index in [1.54, 1.807) is 60.7 Å². The van der Waals surface area contributed by atoms with Crippen LogP contribution < -0.4 is 0 Å². The zero-order valence-corrected chi connectivity index (χ0v) is 13.8. The molecule has 0 radical (unpaired) electrons. The highest BCUT2D eigenvalue weighted by atomic mass is 16.4. The van der Waals surface area contributed by atoms with Crippen LogP contribution in [0.25, 0.3) is 0 Å². The molecule has 2 aromatic carbocycles. The van der Waals surface area contributed by atoms with Gasteiger partial charge in [-0.05, 0) is 24.3 Å². The first-order chi connectivity index (χ1) is 12.5. The van der Waals surface area contributed by atoms with Crippen molar-refractivity contribution < 1.29 is 24.3 Å². The summed E-state index contributed by atoms with van der Waals surface area (Å²) in [5, 5.41) is 8.38. The first-order valence-electron chi connectivity index (χ1n) is 7.82. The Morgan fingerprint density at radius 2 is 1.27 bits per heavy atom. The number of hydrogen-bond acceptors (Lipinski definition) is 4. The molecule has 3 rings (SSSR count). The molecule has 0 bridgehead atoms. The third kappa shape index (κ3) is 5.21. The van der Waals surface area contributed by atoms with Crippen LogP contribution in [0.15, 0.2) is 84.5 Å². The molecule has 5 nitrogen and oxygen atoms in total. The molecular weight excluding hydrogens is 332 g/mol. The number of benzene rings is 2. The number of hydrogen-bond donors (Lipinski definition) is 1. The van der Waals surface area contributed by atoms with E-state index in [0.717, 1.165) is 0 Å². The smallest absolute Gasteiger partial charge is 0.335 e. The van der Waals surface area contributed by atoms with Crippen LogP contribution in [0.1, 0.15) is 27.1 Å². The first-order valence-corrected chi connectivity index (χ1v) is 7.82. The average Bonchev–Trinajstić information content (AvgIpc) is 2.69. The average molecular weight is 348 g/mol. The number of ketones is 3. The van der Waals surface area contributed by atoms with E-state index in [2.05, 4.69) is 0 Å². The zero-order valence-electron chi connectivity index (χ0n) is 13.8. The molecule has 1 N–H and O–H groups in total. The van der Waals surface area contributed by atoms with E-state index in [-0.39, 0.29) is 12.2 Å². The minimum absolute atomic E-state index is 0.0614. The van der Waals surface area contributed by atoms with Gasteiger partial charge >= 0.3 is 5.97 Å². The normalized spacial score (nSPS) is 12.5. The van der Waals surface area contributed by atoms with Crippen molar-refractivity contribution in [3.8, 4) is 0 Å². The van der Waals surface area contributed by atoms with Gasteiger partial charge in [-0.2, -0.15) is 0 Å². The molecule has 0 spiro atoms.